The van der Waals surface area contributed by atoms with Gasteiger partial charge < -0.3 is 5.32 Å². The van der Waals surface area contributed by atoms with Gasteiger partial charge in [-0.3, -0.25) is 0 Å². The van der Waals surface area contributed by atoms with Gasteiger partial charge in [-0.15, -0.1) is 11.3 Å². The van der Waals surface area contributed by atoms with Crippen molar-refractivity contribution < 1.29 is 0 Å². The molecule has 2 rings (SSSR count). The molecule has 84 valence electrons. The number of anilines is 1. The molecule has 0 saturated carbocycles. The van der Waals surface area contributed by atoms with Crippen molar-refractivity contribution >= 4 is 48.9 Å². The number of thiophene rings is 1. The van der Waals surface area contributed by atoms with E-state index in [0.717, 1.165) is 26.3 Å². The van der Waals surface area contributed by atoms with Crippen LogP contribution in [0.15, 0.2) is 32.0 Å². The lowest BCUT2D eigenvalue weighted by molar-refractivity contribution is 1.10. The lowest BCUT2D eigenvalue weighted by atomic mass is 10.3. The fourth-order valence-electron chi connectivity index (χ4n) is 1.35. The quantitative estimate of drug-likeness (QED) is 0.809. The molecule has 0 bridgehead atoms. The smallest absolute Gasteiger partial charge is 0.106 e. The van der Waals surface area contributed by atoms with Gasteiger partial charge in [0, 0.05) is 6.54 Å². The first kappa shape index (κ1) is 12.1. The second-order valence-corrected chi connectivity index (χ2v) is 6.48. The predicted molar refractivity (Wildman–Crippen MR) is 76.0 cm³/mol. The number of hydrogen-bond acceptors (Lipinski definition) is 3. The summed E-state index contributed by atoms with van der Waals surface area (Å²) < 4.78 is 2.03. The molecule has 0 radical (unpaired) electrons. The highest BCUT2D eigenvalue weighted by Crippen LogP contribution is 2.22. The summed E-state index contributed by atoms with van der Waals surface area (Å²) in [7, 11) is 0. The van der Waals surface area contributed by atoms with E-state index in [1.165, 1.54) is 5.56 Å². The SMILES string of the molecule is Cc1nc(Br)ccc1NCc1csc(Br)c1. The highest BCUT2D eigenvalue weighted by Gasteiger charge is 2.01. The Morgan fingerprint density at radius 1 is 1.38 bits per heavy atom. The Morgan fingerprint density at radius 3 is 2.81 bits per heavy atom. The molecule has 2 nitrogen and oxygen atoms in total. The van der Waals surface area contributed by atoms with Gasteiger partial charge in [-0.1, -0.05) is 0 Å². The van der Waals surface area contributed by atoms with E-state index in [0.29, 0.717) is 0 Å². The van der Waals surface area contributed by atoms with Crippen molar-refractivity contribution in [1.82, 2.24) is 4.98 Å². The molecule has 0 atom stereocenters. The minimum absolute atomic E-state index is 0.826. The van der Waals surface area contributed by atoms with Crippen LogP contribution in [-0.4, -0.2) is 4.98 Å². The van der Waals surface area contributed by atoms with E-state index in [-0.39, 0.29) is 0 Å². The first-order valence-corrected chi connectivity index (χ1v) is 7.21. The van der Waals surface area contributed by atoms with Crippen molar-refractivity contribution in [2.24, 2.45) is 0 Å². The van der Waals surface area contributed by atoms with E-state index in [4.69, 9.17) is 0 Å². The van der Waals surface area contributed by atoms with Crippen molar-refractivity contribution in [3.8, 4) is 0 Å². The van der Waals surface area contributed by atoms with Crippen LogP contribution in [0.25, 0.3) is 0 Å². The molecule has 1 N–H and O–H groups in total. The third kappa shape index (κ3) is 3.06. The molecule has 5 heteroatoms. The molecule has 0 aromatic carbocycles. The van der Waals surface area contributed by atoms with Crippen LogP contribution in [0.3, 0.4) is 0 Å². The molecule has 0 saturated heterocycles. The number of halogens is 2. The van der Waals surface area contributed by atoms with Crippen LogP contribution in [0.1, 0.15) is 11.3 Å². The van der Waals surface area contributed by atoms with Crippen LogP contribution in [0.4, 0.5) is 5.69 Å². The van der Waals surface area contributed by atoms with E-state index in [2.05, 4.69) is 53.6 Å². The predicted octanol–water partition coefficient (Wildman–Crippen LogP) is 4.59. The molecule has 0 aliphatic heterocycles. The molecule has 2 aromatic rings. The topological polar surface area (TPSA) is 24.9 Å². The third-order valence-electron chi connectivity index (χ3n) is 2.16. The molecule has 0 fully saturated rings. The molecule has 16 heavy (non-hydrogen) atoms. The van der Waals surface area contributed by atoms with Gasteiger partial charge in [-0.05, 0) is 67.9 Å². The Balaban J connectivity index is 2.04. The maximum atomic E-state index is 4.34. The fraction of sp³-hybridized carbons (Fsp3) is 0.182. The molecule has 0 aliphatic rings. The van der Waals surface area contributed by atoms with Gasteiger partial charge in [0.15, 0.2) is 0 Å². The van der Waals surface area contributed by atoms with Crippen LogP contribution < -0.4 is 5.32 Å². The summed E-state index contributed by atoms with van der Waals surface area (Å²) in [6.07, 6.45) is 0. The van der Waals surface area contributed by atoms with Gasteiger partial charge in [0.05, 0.1) is 15.2 Å². The number of hydrogen-bond donors (Lipinski definition) is 1. The minimum Gasteiger partial charge on any atom is -0.379 e. The second kappa shape index (κ2) is 5.29. The van der Waals surface area contributed by atoms with Crippen molar-refractivity contribution in [3.63, 3.8) is 0 Å². The van der Waals surface area contributed by atoms with E-state index in [1.54, 1.807) is 11.3 Å². The first-order chi connectivity index (χ1) is 7.65. The number of pyridine rings is 1. The van der Waals surface area contributed by atoms with E-state index in [9.17, 15) is 0 Å². The summed E-state index contributed by atoms with van der Waals surface area (Å²) >= 11 is 8.51. The lowest BCUT2D eigenvalue weighted by Gasteiger charge is -2.07. The molecule has 0 aliphatic carbocycles. The Morgan fingerprint density at radius 2 is 2.19 bits per heavy atom. The standard InChI is InChI=1S/C11H10Br2N2S/c1-7-9(2-3-10(12)15-7)14-5-8-4-11(13)16-6-8/h2-4,6,14H,5H2,1H3. The zero-order chi connectivity index (χ0) is 11.5. The fourth-order valence-corrected chi connectivity index (χ4v) is 2.96. The van der Waals surface area contributed by atoms with E-state index >= 15 is 0 Å². The van der Waals surface area contributed by atoms with E-state index in [1.807, 2.05) is 19.1 Å². The number of aryl methyl sites for hydroxylation is 1. The Kier molecular flexibility index (Phi) is 4.00. The number of nitrogens with one attached hydrogen (secondary N) is 1. The van der Waals surface area contributed by atoms with Crippen molar-refractivity contribution in [2.45, 2.75) is 13.5 Å². The monoisotopic (exact) mass is 360 g/mol. The van der Waals surface area contributed by atoms with Gasteiger partial charge in [0.1, 0.15) is 4.60 Å². The molecule has 2 aromatic heterocycles. The Hall–Kier alpha value is -0.390. The van der Waals surface area contributed by atoms with Gasteiger partial charge in [-0.25, -0.2) is 4.98 Å². The normalized spacial score (nSPS) is 10.4. The summed E-state index contributed by atoms with van der Waals surface area (Å²) in [5.41, 5.74) is 3.35. The van der Waals surface area contributed by atoms with Crippen LogP contribution in [-0.2, 0) is 6.54 Å². The Bertz CT molecular complexity index is 496. The van der Waals surface area contributed by atoms with Gasteiger partial charge in [0.25, 0.3) is 0 Å². The summed E-state index contributed by atoms with van der Waals surface area (Å²) in [5, 5.41) is 5.51. The molecular weight excluding hydrogens is 352 g/mol. The average Bonchev–Trinajstić information content (AvgIpc) is 2.63. The molecule has 2 heterocycles. The van der Waals surface area contributed by atoms with Crippen molar-refractivity contribution in [1.29, 1.82) is 0 Å². The third-order valence-corrected chi connectivity index (χ3v) is 4.15. The molecule has 0 amide bonds. The van der Waals surface area contributed by atoms with Gasteiger partial charge >= 0.3 is 0 Å². The number of nitrogens with zero attached hydrogens (tertiary/aromatic N) is 1. The zero-order valence-electron chi connectivity index (χ0n) is 8.63. The summed E-state index contributed by atoms with van der Waals surface area (Å²) in [6.45, 7) is 2.82. The summed E-state index contributed by atoms with van der Waals surface area (Å²) in [4.78, 5) is 4.34. The summed E-state index contributed by atoms with van der Waals surface area (Å²) in [6, 6.07) is 6.10. The maximum absolute atomic E-state index is 4.34. The van der Waals surface area contributed by atoms with Crippen LogP contribution in [0.2, 0.25) is 0 Å². The van der Waals surface area contributed by atoms with Crippen molar-refractivity contribution in [3.05, 3.63) is 43.2 Å². The molecule has 0 unspecified atom stereocenters. The molecular formula is C11H10Br2N2S. The zero-order valence-corrected chi connectivity index (χ0v) is 12.6. The average molecular weight is 362 g/mol. The van der Waals surface area contributed by atoms with Crippen LogP contribution >= 0.6 is 43.2 Å². The van der Waals surface area contributed by atoms with Crippen LogP contribution in [0.5, 0.6) is 0 Å². The Labute approximate surface area is 115 Å². The van der Waals surface area contributed by atoms with E-state index < -0.39 is 0 Å². The minimum atomic E-state index is 0.826. The first-order valence-electron chi connectivity index (χ1n) is 4.75. The number of rotatable bonds is 3. The van der Waals surface area contributed by atoms with Crippen LogP contribution in [0, 0.1) is 6.92 Å². The lowest BCUT2D eigenvalue weighted by Crippen LogP contribution is -2.01. The second-order valence-electron chi connectivity index (χ2n) is 3.38. The van der Waals surface area contributed by atoms with Gasteiger partial charge in [0.2, 0.25) is 0 Å². The van der Waals surface area contributed by atoms with Crippen molar-refractivity contribution in [2.75, 3.05) is 5.32 Å². The maximum Gasteiger partial charge on any atom is 0.106 e. The molecule has 0 spiro atoms. The highest BCUT2D eigenvalue weighted by atomic mass is 79.9. The summed E-state index contributed by atoms with van der Waals surface area (Å²) in [5.74, 6) is 0. The highest BCUT2D eigenvalue weighted by molar-refractivity contribution is 9.11. The number of aromatic nitrogens is 1. The largest absolute Gasteiger partial charge is 0.379 e. The van der Waals surface area contributed by atoms with Gasteiger partial charge in [-0.2, -0.15) is 0 Å².